The van der Waals surface area contributed by atoms with Crippen LogP contribution in [0.4, 0.5) is 5.69 Å². The van der Waals surface area contributed by atoms with Crippen LogP contribution in [-0.4, -0.2) is 45.0 Å². The zero-order valence-corrected chi connectivity index (χ0v) is 10.6. The SMILES string of the molecule is CN(C)CCNC1C(=O)N(C)c2ccccc21. The van der Waals surface area contributed by atoms with Crippen molar-refractivity contribution < 1.29 is 4.79 Å². The number of rotatable bonds is 4. The number of fused-ring (bicyclic) bond motifs is 1. The summed E-state index contributed by atoms with van der Waals surface area (Å²) in [5.41, 5.74) is 2.10. The molecule has 1 aliphatic rings. The van der Waals surface area contributed by atoms with Crippen molar-refractivity contribution in [1.29, 1.82) is 0 Å². The molecular formula is C13H19N3O. The Morgan fingerprint density at radius 1 is 1.35 bits per heavy atom. The molecule has 1 atom stereocenters. The third kappa shape index (κ3) is 2.33. The molecule has 1 aromatic rings. The van der Waals surface area contributed by atoms with Gasteiger partial charge in [0.25, 0.3) is 0 Å². The number of nitrogens with one attached hydrogen (secondary N) is 1. The van der Waals surface area contributed by atoms with E-state index in [1.165, 1.54) is 0 Å². The summed E-state index contributed by atoms with van der Waals surface area (Å²) in [6, 6.07) is 7.76. The highest BCUT2D eigenvalue weighted by atomic mass is 16.2. The molecule has 1 aromatic carbocycles. The summed E-state index contributed by atoms with van der Waals surface area (Å²) < 4.78 is 0. The predicted molar refractivity (Wildman–Crippen MR) is 69.1 cm³/mol. The van der Waals surface area contributed by atoms with E-state index < -0.39 is 0 Å². The standard InChI is InChI=1S/C13H19N3O/c1-15(2)9-8-14-12-10-6-4-5-7-11(10)16(3)13(12)17/h4-7,12,14H,8-9H2,1-3H3. The van der Waals surface area contributed by atoms with Crippen molar-refractivity contribution in [2.75, 3.05) is 39.1 Å². The van der Waals surface area contributed by atoms with Crippen LogP contribution < -0.4 is 10.2 Å². The number of hydrogen-bond donors (Lipinski definition) is 1. The maximum Gasteiger partial charge on any atom is 0.248 e. The fraction of sp³-hybridized carbons (Fsp3) is 0.462. The average Bonchev–Trinajstić information content (AvgIpc) is 2.54. The molecule has 4 nitrogen and oxygen atoms in total. The van der Waals surface area contributed by atoms with Gasteiger partial charge in [-0.3, -0.25) is 4.79 Å². The highest BCUT2D eigenvalue weighted by Gasteiger charge is 2.34. The van der Waals surface area contributed by atoms with Gasteiger partial charge < -0.3 is 15.1 Å². The quantitative estimate of drug-likeness (QED) is 0.837. The minimum absolute atomic E-state index is 0.130. The summed E-state index contributed by atoms with van der Waals surface area (Å²) >= 11 is 0. The summed E-state index contributed by atoms with van der Waals surface area (Å²) in [5, 5.41) is 3.32. The second-order valence-electron chi connectivity index (χ2n) is 4.65. The molecule has 1 heterocycles. The number of benzene rings is 1. The molecule has 1 amide bonds. The predicted octanol–water partition coefficient (Wildman–Crippen LogP) is 0.855. The molecular weight excluding hydrogens is 214 g/mol. The molecule has 92 valence electrons. The van der Waals surface area contributed by atoms with Gasteiger partial charge in [-0.25, -0.2) is 0 Å². The van der Waals surface area contributed by atoms with E-state index in [1.807, 2.05) is 45.4 Å². The van der Waals surface area contributed by atoms with Gasteiger partial charge in [0.05, 0.1) is 0 Å². The van der Waals surface area contributed by atoms with Crippen molar-refractivity contribution in [3.63, 3.8) is 0 Å². The smallest absolute Gasteiger partial charge is 0.248 e. The summed E-state index contributed by atoms with van der Waals surface area (Å²) in [6.45, 7) is 1.74. The van der Waals surface area contributed by atoms with Gasteiger partial charge in [-0.15, -0.1) is 0 Å². The fourth-order valence-electron chi connectivity index (χ4n) is 2.11. The number of anilines is 1. The first-order valence-electron chi connectivity index (χ1n) is 5.86. The molecule has 1 aliphatic heterocycles. The molecule has 0 spiro atoms. The average molecular weight is 233 g/mol. The van der Waals surface area contributed by atoms with E-state index in [1.54, 1.807) is 4.90 Å². The van der Waals surface area contributed by atoms with Crippen molar-refractivity contribution >= 4 is 11.6 Å². The molecule has 1 unspecified atom stereocenters. The van der Waals surface area contributed by atoms with E-state index in [4.69, 9.17) is 0 Å². The lowest BCUT2D eigenvalue weighted by atomic mass is 10.1. The number of amides is 1. The third-order valence-corrected chi connectivity index (χ3v) is 3.09. The van der Waals surface area contributed by atoms with Crippen LogP contribution in [-0.2, 0) is 4.79 Å². The maximum atomic E-state index is 12.1. The second-order valence-corrected chi connectivity index (χ2v) is 4.65. The van der Waals surface area contributed by atoms with Gasteiger partial charge in [0.15, 0.2) is 0 Å². The Hall–Kier alpha value is -1.39. The van der Waals surface area contributed by atoms with Crippen molar-refractivity contribution in [3.8, 4) is 0 Å². The third-order valence-electron chi connectivity index (χ3n) is 3.09. The van der Waals surface area contributed by atoms with Crippen LogP contribution in [0.25, 0.3) is 0 Å². The summed E-state index contributed by atoms with van der Waals surface area (Å²) in [4.78, 5) is 15.9. The van der Waals surface area contributed by atoms with Crippen molar-refractivity contribution in [2.24, 2.45) is 0 Å². The first-order chi connectivity index (χ1) is 8.11. The van der Waals surface area contributed by atoms with Crippen molar-refractivity contribution in [3.05, 3.63) is 29.8 Å². The van der Waals surface area contributed by atoms with Gasteiger partial charge in [-0.05, 0) is 20.2 Å². The van der Waals surface area contributed by atoms with Gasteiger partial charge in [0, 0.05) is 31.4 Å². The van der Waals surface area contributed by atoms with Crippen molar-refractivity contribution in [1.82, 2.24) is 10.2 Å². The molecule has 2 rings (SSSR count). The number of hydrogen-bond acceptors (Lipinski definition) is 3. The molecule has 0 aliphatic carbocycles. The zero-order valence-electron chi connectivity index (χ0n) is 10.6. The number of likely N-dealkylation sites (N-methyl/N-ethyl adjacent to an activating group) is 2. The lowest BCUT2D eigenvalue weighted by molar-refractivity contribution is -0.119. The van der Waals surface area contributed by atoms with Gasteiger partial charge in [0.1, 0.15) is 6.04 Å². The van der Waals surface area contributed by atoms with Crippen molar-refractivity contribution in [2.45, 2.75) is 6.04 Å². The Kier molecular flexibility index (Phi) is 3.45. The summed E-state index contributed by atoms with van der Waals surface area (Å²) in [5.74, 6) is 0.130. The Bertz CT molecular complexity index is 417. The Balaban J connectivity index is 2.10. The molecule has 0 aromatic heterocycles. The van der Waals surface area contributed by atoms with Gasteiger partial charge in [-0.1, -0.05) is 18.2 Å². The Morgan fingerprint density at radius 3 is 2.76 bits per heavy atom. The van der Waals surface area contributed by atoms with E-state index in [-0.39, 0.29) is 11.9 Å². The minimum atomic E-state index is -0.184. The monoisotopic (exact) mass is 233 g/mol. The highest BCUT2D eigenvalue weighted by molar-refractivity contribution is 6.04. The highest BCUT2D eigenvalue weighted by Crippen LogP contribution is 2.34. The molecule has 0 fully saturated rings. The van der Waals surface area contributed by atoms with E-state index in [9.17, 15) is 4.79 Å². The van der Waals surface area contributed by atoms with Crippen LogP contribution in [0, 0.1) is 0 Å². The number of para-hydroxylation sites is 1. The molecule has 0 saturated carbocycles. The van der Waals surface area contributed by atoms with E-state index >= 15 is 0 Å². The Labute approximate surface area is 102 Å². The van der Waals surface area contributed by atoms with Gasteiger partial charge in [0.2, 0.25) is 5.91 Å². The first-order valence-corrected chi connectivity index (χ1v) is 5.86. The number of carbonyl (C=O) groups is 1. The Morgan fingerprint density at radius 2 is 2.06 bits per heavy atom. The number of carbonyl (C=O) groups excluding carboxylic acids is 1. The topological polar surface area (TPSA) is 35.6 Å². The van der Waals surface area contributed by atoms with Crippen LogP contribution in [0.2, 0.25) is 0 Å². The van der Waals surface area contributed by atoms with Crippen LogP contribution in [0.1, 0.15) is 11.6 Å². The fourth-order valence-corrected chi connectivity index (χ4v) is 2.11. The van der Waals surface area contributed by atoms with Crippen LogP contribution in [0.3, 0.4) is 0 Å². The molecule has 0 bridgehead atoms. The van der Waals surface area contributed by atoms with Crippen LogP contribution >= 0.6 is 0 Å². The lowest BCUT2D eigenvalue weighted by Crippen LogP contribution is -2.35. The van der Waals surface area contributed by atoms with Crippen LogP contribution in [0.5, 0.6) is 0 Å². The largest absolute Gasteiger partial charge is 0.313 e. The van der Waals surface area contributed by atoms with Crippen LogP contribution in [0.15, 0.2) is 24.3 Å². The zero-order chi connectivity index (χ0) is 12.4. The summed E-state index contributed by atoms with van der Waals surface area (Å²) in [7, 11) is 5.88. The minimum Gasteiger partial charge on any atom is -0.313 e. The molecule has 4 heteroatoms. The summed E-state index contributed by atoms with van der Waals surface area (Å²) in [6.07, 6.45) is 0. The molecule has 0 saturated heterocycles. The second kappa shape index (κ2) is 4.85. The van der Waals surface area contributed by atoms with Gasteiger partial charge in [-0.2, -0.15) is 0 Å². The van der Waals surface area contributed by atoms with Gasteiger partial charge >= 0.3 is 0 Å². The molecule has 17 heavy (non-hydrogen) atoms. The molecule has 1 N–H and O–H groups in total. The lowest BCUT2D eigenvalue weighted by Gasteiger charge is -2.15. The van der Waals surface area contributed by atoms with E-state index in [0.29, 0.717) is 0 Å². The molecule has 0 radical (unpaired) electrons. The maximum absolute atomic E-state index is 12.1. The normalized spacial score (nSPS) is 18.9. The first kappa shape index (κ1) is 12.1. The van der Waals surface area contributed by atoms with E-state index in [0.717, 1.165) is 24.3 Å². The van der Waals surface area contributed by atoms with E-state index in [2.05, 4.69) is 10.2 Å². The number of nitrogens with zero attached hydrogens (tertiary/aromatic N) is 2.